The number of nitrogens with one attached hydrogen (secondary N) is 1. The van der Waals surface area contributed by atoms with E-state index >= 15 is 0 Å². The number of aliphatic carboxylic acids is 1. The van der Waals surface area contributed by atoms with Gasteiger partial charge in [0.25, 0.3) is 0 Å². The molecule has 0 aliphatic rings. The standard InChI is InChI=1S/C13H21NO4S2/c1-10-9-12(11(2)19-10)20(17,18)14-8-6-4-3-5-7-13(15)16/h9,14H,3-8H2,1-2H3,(H,15,16). The van der Waals surface area contributed by atoms with Gasteiger partial charge in [0.1, 0.15) is 0 Å². The lowest BCUT2D eigenvalue weighted by molar-refractivity contribution is -0.137. The van der Waals surface area contributed by atoms with Crippen LogP contribution >= 0.6 is 11.3 Å². The molecule has 1 heterocycles. The summed E-state index contributed by atoms with van der Waals surface area (Å²) in [4.78, 5) is 12.5. The second-order valence-corrected chi connectivity index (χ2v) is 7.93. The summed E-state index contributed by atoms with van der Waals surface area (Å²) in [7, 11) is -3.41. The third-order valence-corrected chi connectivity index (χ3v) is 5.58. The van der Waals surface area contributed by atoms with Crippen molar-refractivity contribution in [1.29, 1.82) is 0 Å². The molecule has 0 atom stereocenters. The summed E-state index contributed by atoms with van der Waals surface area (Å²) < 4.78 is 26.7. The van der Waals surface area contributed by atoms with Gasteiger partial charge in [-0.3, -0.25) is 4.79 Å². The van der Waals surface area contributed by atoms with E-state index in [1.54, 1.807) is 13.0 Å². The molecule has 1 rings (SSSR count). The van der Waals surface area contributed by atoms with Gasteiger partial charge in [-0.05, 0) is 32.8 Å². The molecule has 0 aliphatic heterocycles. The molecule has 114 valence electrons. The molecule has 0 amide bonds. The minimum Gasteiger partial charge on any atom is -0.481 e. The predicted molar refractivity (Wildman–Crippen MR) is 79.7 cm³/mol. The predicted octanol–water partition coefficient (Wildman–Crippen LogP) is 2.68. The Hall–Kier alpha value is -0.920. The van der Waals surface area contributed by atoms with Crippen molar-refractivity contribution in [2.24, 2.45) is 0 Å². The van der Waals surface area contributed by atoms with Crippen molar-refractivity contribution in [2.75, 3.05) is 6.54 Å². The van der Waals surface area contributed by atoms with E-state index in [9.17, 15) is 13.2 Å². The van der Waals surface area contributed by atoms with Crippen molar-refractivity contribution in [1.82, 2.24) is 4.72 Å². The monoisotopic (exact) mass is 319 g/mol. The smallest absolute Gasteiger partial charge is 0.303 e. The summed E-state index contributed by atoms with van der Waals surface area (Å²) in [5, 5.41) is 8.49. The van der Waals surface area contributed by atoms with Crippen molar-refractivity contribution in [3.8, 4) is 0 Å². The van der Waals surface area contributed by atoms with Crippen molar-refractivity contribution in [3.05, 3.63) is 15.8 Å². The van der Waals surface area contributed by atoms with E-state index in [1.807, 2.05) is 6.92 Å². The van der Waals surface area contributed by atoms with Gasteiger partial charge in [0.15, 0.2) is 0 Å². The van der Waals surface area contributed by atoms with Crippen molar-refractivity contribution < 1.29 is 18.3 Å². The number of carboxylic acids is 1. The number of sulfonamides is 1. The summed E-state index contributed by atoms with van der Waals surface area (Å²) in [5.74, 6) is -0.783. The summed E-state index contributed by atoms with van der Waals surface area (Å²) in [5.41, 5.74) is 0. The lowest BCUT2D eigenvalue weighted by atomic mass is 10.1. The van der Waals surface area contributed by atoms with Gasteiger partial charge in [0.2, 0.25) is 10.0 Å². The van der Waals surface area contributed by atoms with Gasteiger partial charge in [-0.1, -0.05) is 12.8 Å². The van der Waals surface area contributed by atoms with E-state index in [4.69, 9.17) is 5.11 Å². The van der Waals surface area contributed by atoms with Gasteiger partial charge in [-0.15, -0.1) is 11.3 Å². The second kappa shape index (κ2) is 7.75. The van der Waals surface area contributed by atoms with E-state index in [1.165, 1.54) is 11.3 Å². The van der Waals surface area contributed by atoms with Crippen LogP contribution in [0.3, 0.4) is 0 Å². The Kier molecular flexibility index (Phi) is 6.64. The molecule has 2 N–H and O–H groups in total. The van der Waals surface area contributed by atoms with E-state index in [0.717, 1.165) is 29.0 Å². The third-order valence-electron chi connectivity index (χ3n) is 2.89. The number of unbranched alkanes of at least 4 members (excludes halogenated alkanes) is 3. The minimum absolute atomic E-state index is 0.180. The van der Waals surface area contributed by atoms with Crippen LogP contribution < -0.4 is 4.72 Å². The average molecular weight is 319 g/mol. The average Bonchev–Trinajstić information content (AvgIpc) is 2.67. The van der Waals surface area contributed by atoms with Gasteiger partial charge in [0, 0.05) is 22.7 Å². The second-order valence-electron chi connectivity index (χ2n) is 4.73. The minimum atomic E-state index is -3.41. The Labute approximate surface area is 124 Å². The Morgan fingerprint density at radius 3 is 2.45 bits per heavy atom. The summed E-state index contributed by atoms with van der Waals surface area (Å²) in [6, 6.07) is 1.69. The van der Waals surface area contributed by atoms with Crippen LogP contribution in [0.15, 0.2) is 11.0 Å². The SMILES string of the molecule is Cc1cc(S(=O)(=O)NCCCCCCC(=O)O)c(C)s1. The highest BCUT2D eigenvalue weighted by molar-refractivity contribution is 7.89. The summed E-state index contributed by atoms with van der Waals surface area (Å²) >= 11 is 1.47. The molecule has 0 fully saturated rings. The maximum Gasteiger partial charge on any atom is 0.303 e. The Morgan fingerprint density at radius 2 is 1.90 bits per heavy atom. The van der Waals surface area contributed by atoms with E-state index in [-0.39, 0.29) is 6.42 Å². The topological polar surface area (TPSA) is 83.5 Å². The van der Waals surface area contributed by atoms with Gasteiger partial charge in [-0.25, -0.2) is 13.1 Å². The van der Waals surface area contributed by atoms with Crippen LogP contribution in [0.1, 0.15) is 41.9 Å². The molecule has 0 unspecified atom stereocenters. The first-order chi connectivity index (χ1) is 9.33. The van der Waals surface area contributed by atoms with Crippen molar-refractivity contribution >= 4 is 27.3 Å². The zero-order valence-corrected chi connectivity index (χ0v) is 13.4. The highest BCUT2D eigenvalue weighted by Gasteiger charge is 2.18. The molecule has 0 aromatic carbocycles. The van der Waals surface area contributed by atoms with Crippen LogP contribution in [0.25, 0.3) is 0 Å². The van der Waals surface area contributed by atoms with Crippen LogP contribution in [0.4, 0.5) is 0 Å². The fourth-order valence-electron chi connectivity index (χ4n) is 1.91. The maximum absolute atomic E-state index is 12.1. The third kappa shape index (κ3) is 5.60. The number of carboxylic acid groups (broad SMARTS) is 1. The highest BCUT2D eigenvalue weighted by atomic mass is 32.2. The molecule has 7 heteroatoms. The van der Waals surface area contributed by atoms with Crippen LogP contribution in [0.5, 0.6) is 0 Å². The Morgan fingerprint density at radius 1 is 1.25 bits per heavy atom. The fraction of sp³-hybridized carbons (Fsp3) is 0.615. The Bertz CT molecular complexity index is 549. The van der Waals surface area contributed by atoms with Crippen molar-refractivity contribution in [3.63, 3.8) is 0 Å². The van der Waals surface area contributed by atoms with Gasteiger partial charge in [-0.2, -0.15) is 0 Å². The van der Waals surface area contributed by atoms with E-state index in [2.05, 4.69) is 4.72 Å². The molecule has 20 heavy (non-hydrogen) atoms. The van der Waals surface area contributed by atoms with Gasteiger partial charge < -0.3 is 5.11 Å². The number of thiophene rings is 1. The van der Waals surface area contributed by atoms with Gasteiger partial charge >= 0.3 is 5.97 Å². The summed E-state index contributed by atoms with van der Waals surface area (Å²) in [6.45, 7) is 4.08. The van der Waals surface area contributed by atoms with Crippen LogP contribution in [-0.2, 0) is 14.8 Å². The fourth-order valence-corrected chi connectivity index (χ4v) is 4.54. The number of hydrogen-bond donors (Lipinski definition) is 2. The molecule has 0 spiro atoms. The molecule has 0 bridgehead atoms. The first kappa shape index (κ1) is 17.1. The maximum atomic E-state index is 12.1. The molecule has 0 radical (unpaired) electrons. The number of hydrogen-bond acceptors (Lipinski definition) is 4. The number of rotatable bonds is 9. The van der Waals surface area contributed by atoms with Crippen LogP contribution in [0, 0.1) is 13.8 Å². The highest BCUT2D eigenvalue weighted by Crippen LogP contribution is 2.24. The largest absolute Gasteiger partial charge is 0.481 e. The zero-order valence-electron chi connectivity index (χ0n) is 11.8. The molecular formula is C13H21NO4S2. The first-order valence-electron chi connectivity index (χ1n) is 6.61. The lowest BCUT2D eigenvalue weighted by Gasteiger charge is -2.06. The van der Waals surface area contributed by atoms with Crippen LogP contribution in [0.2, 0.25) is 0 Å². The quantitative estimate of drug-likeness (QED) is 0.685. The van der Waals surface area contributed by atoms with Crippen LogP contribution in [-0.4, -0.2) is 26.0 Å². The molecule has 0 saturated heterocycles. The molecule has 1 aromatic heterocycles. The van der Waals surface area contributed by atoms with Gasteiger partial charge in [0.05, 0.1) is 4.90 Å². The normalized spacial score (nSPS) is 11.7. The molecule has 0 saturated carbocycles. The molecule has 0 aliphatic carbocycles. The first-order valence-corrected chi connectivity index (χ1v) is 8.91. The van der Waals surface area contributed by atoms with Crippen molar-refractivity contribution in [2.45, 2.75) is 50.8 Å². The zero-order chi connectivity index (χ0) is 15.2. The van der Waals surface area contributed by atoms with E-state index < -0.39 is 16.0 Å². The lowest BCUT2D eigenvalue weighted by Crippen LogP contribution is -2.24. The summed E-state index contributed by atoms with van der Waals surface area (Å²) in [6.07, 6.45) is 3.19. The number of aryl methyl sites for hydroxylation is 2. The molecule has 1 aromatic rings. The number of carbonyl (C=O) groups is 1. The van der Waals surface area contributed by atoms with E-state index in [0.29, 0.717) is 17.9 Å². The Balaban J connectivity index is 2.31. The molecular weight excluding hydrogens is 298 g/mol. The molecule has 5 nitrogen and oxygen atoms in total.